The van der Waals surface area contributed by atoms with Gasteiger partial charge in [-0.2, -0.15) is 0 Å². The number of methoxy groups -OCH3 is 1. The molecule has 2 N–H and O–H groups in total. The lowest BCUT2D eigenvalue weighted by Gasteiger charge is -2.38. The fraction of sp³-hybridized carbons (Fsp3) is 0.560. The van der Waals surface area contributed by atoms with Crippen LogP contribution in [0.3, 0.4) is 0 Å². The van der Waals surface area contributed by atoms with Gasteiger partial charge in [-0.1, -0.05) is 11.2 Å². The molecule has 3 aromatic rings. The van der Waals surface area contributed by atoms with E-state index in [0.29, 0.717) is 48.0 Å². The number of aromatic nitrogens is 3. The molecule has 0 bridgehead atoms. The summed E-state index contributed by atoms with van der Waals surface area (Å²) < 4.78 is 58.1. The van der Waals surface area contributed by atoms with Gasteiger partial charge in [0, 0.05) is 7.11 Å². The first kappa shape index (κ1) is 26.9. The number of nitrogens with zero attached hydrogens (tertiary/aromatic N) is 4. The van der Waals surface area contributed by atoms with Crippen molar-refractivity contribution in [1.82, 2.24) is 30.8 Å². The van der Waals surface area contributed by atoms with Gasteiger partial charge in [-0.15, -0.1) is 0 Å². The van der Waals surface area contributed by atoms with Crippen molar-refractivity contribution in [1.29, 1.82) is 0 Å². The van der Waals surface area contributed by atoms with Gasteiger partial charge in [-0.3, -0.25) is 4.79 Å². The van der Waals surface area contributed by atoms with Crippen LogP contribution in [-0.2, 0) is 4.74 Å². The number of rotatable bonds is 8. The molecule has 14 heteroatoms. The Morgan fingerprint density at radius 2 is 2.05 bits per heavy atom. The van der Waals surface area contributed by atoms with E-state index in [0.717, 1.165) is 4.90 Å². The van der Waals surface area contributed by atoms with Gasteiger partial charge in [-0.25, -0.2) is 27.6 Å². The number of hydrogen-bond donors (Lipinski definition) is 2. The SMILES string of the molecule is COCC(c1ccc2oc(C(NC(=O)c3nonc3C)C3CCC(F)CC3)nc2c1)N1CC(F)(F)CNC1=O. The summed E-state index contributed by atoms with van der Waals surface area (Å²) >= 11 is 0. The van der Waals surface area contributed by atoms with E-state index in [2.05, 4.69) is 30.6 Å². The topological polar surface area (TPSA) is 136 Å². The molecule has 1 saturated heterocycles. The molecule has 2 unspecified atom stereocenters. The zero-order valence-corrected chi connectivity index (χ0v) is 21.5. The number of amides is 3. The van der Waals surface area contributed by atoms with Gasteiger partial charge in [0.2, 0.25) is 5.89 Å². The van der Waals surface area contributed by atoms with Crippen LogP contribution in [-0.4, -0.2) is 71.0 Å². The van der Waals surface area contributed by atoms with Crippen molar-refractivity contribution < 1.29 is 36.5 Å². The summed E-state index contributed by atoms with van der Waals surface area (Å²) in [6, 6.07) is 2.84. The van der Waals surface area contributed by atoms with Gasteiger partial charge in [0.1, 0.15) is 23.4 Å². The van der Waals surface area contributed by atoms with Crippen LogP contribution in [0.15, 0.2) is 27.2 Å². The first-order chi connectivity index (χ1) is 18.6. The summed E-state index contributed by atoms with van der Waals surface area (Å²) in [6.07, 6.45) is 0.837. The second-order valence-corrected chi connectivity index (χ2v) is 10.1. The van der Waals surface area contributed by atoms with Crippen LogP contribution in [0.25, 0.3) is 11.1 Å². The normalized spacial score (nSPS) is 22.9. The Hall–Kier alpha value is -3.68. The molecule has 0 radical (unpaired) electrons. The summed E-state index contributed by atoms with van der Waals surface area (Å²) in [6.45, 7) is 0.0895. The maximum atomic E-state index is 14.1. The van der Waals surface area contributed by atoms with Crippen LogP contribution in [0.5, 0.6) is 0 Å². The molecule has 3 amide bonds. The highest BCUT2D eigenvalue weighted by Gasteiger charge is 2.42. The monoisotopic (exact) mass is 550 g/mol. The summed E-state index contributed by atoms with van der Waals surface area (Å²) in [5.74, 6) is -3.54. The van der Waals surface area contributed by atoms with E-state index < -0.39 is 49.2 Å². The van der Waals surface area contributed by atoms with Crippen LogP contribution in [0, 0.1) is 12.8 Å². The molecule has 0 spiro atoms. The molecule has 2 aromatic heterocycles. The number of nitrogens with one attached hydrogen (secondary N) is 2. The van der Waals surface area contributed by atoms with Crippen molar-refractivity contribution in [3.63, 3.8) is 0 Å². The smallest absolute Gasteiger partial charge is 0.318 e. The number of oxazole rings is 1. The van der Waals surface area contributed by atoms with Crippen molar-refractivity contribution in [3.05, 3.63) is 41.0 Å². The number of urea groups is 1. The summed E-state index contributed by atoms with van der Waals surface area (Å²) in [5, 5.41) is 12.4. The van der Waals surface area contributed by atoms with E-state index in [-0.39, 0.29) is 24.1 Å². The third-order valence-electron chi connectivity index (χ3n) is 7.27. The van der Waals surface area contributed by atoms with Crippen LogP contribution in [0.1, 0.15) is 65.4 Å². The minimum atomic E-state index is -3.09. The van der Waals surface area contributed by atoms with Crippen molar-refractivity contribution in [3.8, 4) is 0 Å². The minimum absolute atomic E-state index is 0.0179. The molecule has 3 heterocycles. The van der Waals surface area contributed by atoms with Crippen LogP contribution >= 0.6 is 0 Å². The van der Waals surface area contributed by atoms with Crippen molar-refractivity contribution in [2.45, 2.75) is 56.8 Å². The maximum Gasteiger partial charge on any atom is 0.318 e. The van der Waals surface area contributed by atoms with Crippen molar-refractivity contribution in [2.75, 3.05) is 26.8 Å². The van der Waals surface area contributed by atoms with Crippen molar-refractivity contribution >= 4 is 23.0 Å². The summed E-state index contributed by atoms with van der Waals surface area (Å²) in [4.78, 5) is 31.1. The Balaban J connectivity index is 1.46. The van der Waals surface area contributed by atoms with E-state index in [4.69, 9.17) is 9.15 Å². The average Bonchev–Trinajstić information content (AvgIpc) is 3.53. The molecule has 39 heavy (non-hydrogen) atoms. The molecule has 1 saturated carbocycles. The standard InChI is InChI=1S/C25H29F3N6O5/c1-13-20(33-39-32-13)22(35)31-21(14-3-6-16(26)7-4-14)23-30-17-9-15(5-8-19(17)38-23)18(10-37-2)34-12-25(27,28)11-29-24(34)36/h5,8-9,14,16,18,21H,3-4,6-7,10-12H2,1-2H3,(H,29,36)(H,31,35). The molecule has 1 aromatic carbocycles. The summed E-state index contributed by atoms with van der Waals surface area (Å²) in [7, 11) is 1.42. The van der Waals surface area contributed by atoms with Crippen LogP contribution < -0.4 is 10.6 Å². The zero-order valence-electron chi connectivity index (χ0n) is 21.5. The summed E-state index contributed by atoms with van der Waals surface area (Å²) in [5.41, 5.74) is 1.68. The Bertz CT molecular complexity index is 1340. The van der Waals surface area contributed by atoms with Gasteiger partial charge < -0.3 is 24.7 Å². The number of carbonyl (C=O) groups is 2. The molecule has 2 fully saturated rings. The third kappa shape index (κ3) is 5.70. The number of aryl methyl sites for hydroxylation is 1. The van der Waals surface area contributed by atoms with E-state index >= 15 is 0 Å². The second-order valence-electron chi connectivity index (χ2n) is 10.1. The molecule has 210 valence electrons. The van der Waals surface area contributed by atoms with Crippen LogP contribution in [0.2, 0.25) is 0 Å². The molecular weight excluding hydrogens is 521 g/mol. The molecule has 2 atom stereocenters. The molecule has 2 aliphatic rings. The van der Waals surface area contributed by atoms with Crippen molar-refractivity contribution in [2.24, 2.45) is 5.92 Å². The second kappa shape index (κ2) is 10.8. The predicted molar refractivity (Wildman–Crippen MR) is 130 cm³/mol. The maximum absolute atomic E-state index is 14.1. The third-order valence-corrected chi connectivity index (χ3v) is 7.27. The molecular formula is C25H29F3N6O5. The molecule has 1 aliphatic carbocycles. The number of ether oxygens (including phenoxy) is 1. The van der Waals surface area contributed by atoms with Gasteiger partial charge in [0.25, 0.3) is 11.8 Å². The number of halogens is 3. The lowest BCUT2D eigenvalue weighted by Crippen LogP contribution is -2.58. The minimum Gasteiger partial charge on any atom is -0.438 e. The first-order valence-electron chi connectivity index (χ1n) is 12.7. The molecule has 1 aliphatic heterocycles. The first-order valence-corrected chi connectivity index (χ1v) is 12.7. The number of carbonyl (C=O) groups excluding carboxylic acids is 2. The largest absolute Gasteiger partial charge is 0.438 e. The van der Waals surface area contributed by atoms with E-state index in [1.807, 2.05) is 0 Å². The van der Waals surface area contributed by atoms with E-state index in [1.165, 1.54) is 7.11 Å². The highest BCUT2D eigenvalue weighted by molar-refractivity contribution is 5.93. The lowest BCUT2D eigenvalue weighted by atomic mass is 9.83. The average molecular weight is 551 g/mol. The van der Waals surface area contributed by atoms with E-state index in [1.54, 1.807) is 25.1 Å². The Morgan fingerprint density at radius 1 is 1.28 bits per heavy atom. The predicted octanol–water partition coefficient (Wildman–Crippen LogP) is 3.87. The number of alkyl halides is 3. The van der Waals surface area contributed by atoms with Gasteiger partial charge >= 0.3 is 6.03 Å². The fourth-order valence-electron chi connectivity index (χ4n) is 5.20. The van der Waals surface area contributed by atoms with Gasteiger partial charge in [0.15, 0.2) is 11.3 Å². The number of benzene rings is 1. The zero-order chi connectivity index (χ0) is 27.7. The fourth-order valence-corrected chi connectivity index (χ4v) is 5.20. The number of fused-ring (bicyclic) bond motifs is 1. The number of hydrogen-bond acceptors (Lipinski definition) is 8. The van der Waals surface area contributed by atoms with Gasteiger partial charge in [0.05, 0.1) is 25.7 Å². The Kier molecular flexibility index (Phi) is 7.47. The Morgan fingerprint density at radius 3 is 2.74 bits per heavy atom. The lowest BCUT2D eigenvalue weighted by molar-refractivity contribution is -0.0509. The quantitative estimate of drug-likeness (QED) is 0.432. The molecule has 5 rings (SSSR count). The van der Waals surface area contributed by atoms with Gasteiger partial charge in [-0.05, 0) is 61.4 Å². The van der Waals surface area contributed by atoms with Crippen LogP contribution in [0.4, 0.5) is 18.0 Å². The Labute approximate surface area is 221 Å². The molecule has 11 nitrogen and oxygen atoms in total. The highest BCUT2D eigenvalue weighted by Crippen LogP contribution is 2.37. The van der Waals surface area contributed by atoms with E-state index in [9.17, 15) is 22.8 Å². The highest BCUT2D eigenvalue weighted by atomic mass is 19.3.